The van der Waals surface area contributed by atoms with Gasteiger partial charge in [0.1, 0.15) is 5.82 Å². The number of rotatable bonds is 4. The van der Waals surface area contributed by atoms with E-state index in [-0.39, 0.29) is 5.82 Å². The van der Waals surface area contributed by atoms with Crippen LogP contribution in [0.1, 0.15) is 29.5 Å². The average molecular weight is 269 g/mol. The minimum Gasteiger partial charge on any atom is -0.310 e. The number of hydrogen-bond donors (Lipinski definition) is 1. The molecule has 2 aromatic rings. The second-order valence-corrected chi connectivity index (χ2v) is 5.79. The lowest BCUT2D eigenvalue weighted by atomic mass is 9.97. The minimum atomic E-state index is -0.131. The Bertz CT molecular complexity index is 629. The molecule has 2 heteroatoms. The van der Waals surface area contributed by atoms with Crippen molar-refractivity contribution >= 4 is 0 Å². The van der Waals surface area contributed by atoms with Gasteiger partial charge in [-0.15, -0.1) is 0 Å². The van der Waals surface area contributed by atoms with Crippen LogP contribution >= 0.6 is 0 Å². The van der Waals surface area contributed by atoms with Crippen LogP contribution in [0.5, 0.6) is 0 Å². The predicted molar refractivity (Wildman–Crippen MR) is 81.2 cm³/mol. The van der Waals surface area contributed by atoms with Crippen molar-refractivity contribution in [3.63, 3.8) is 0 Å². The van der Waals surface area contributed by atoms with Crippen LogP contribution in [0.3, 0.4) is 0 Å². The third-order valence-corrected chi connectivity index (χ3v) is 3.89. The lowest BCUT2D eigenvalue weighted by Crippen LogP contribution is -2.15. The molecule has 2 aromatic carbocycles. The molecule has 0 radical (unpaired) electrons. The van der Waals surface area contributed by atoms with Crippen LogP contribution in [-0.2, 0) is 6.54 Å². The smallest absolute Gasteiger partial charge is 0.131 e. The topological polar surface area (TPSA) is 12.0 Å². The summed E-state index contributed by atoms with van der Waals surface area (Å²) >= 11 is 0. The number of halogens is 1. The molecule has 1 N–H and O–H groups in total. The Morgan fingerprint density at radius 2 is 1.85 bits per heavy atom. The third-order valence-electron chi connectivity index (χ3n) is 3.89. The molecule has 0 atom stereocenters. The first-order valence-corrected chi connectivity index (χ1v) is 7.23. The van der Waals surface area contributed by atoms with Crippen LogP contribution in [0.2, 0.25) is 0 Å². The fourth-order valence-electron chi connectivity index (χ4n) is 2.46. The Kier molecular flexibility index (Phi) is 3.58. The fraction of sp³-hybridized carbons (Fsp3) is 0.333. The van der Waals surface area contributed by atoms with Crippen molar-refractivity contribution in [1.29, 1.82) is 0 Å². The molecule has 0 aromatic heterocycles. The van der Waals surface area contributed by atoms with E-state index in [9.17, 15) is 4.39 Å². The van der Waals surface area contributed by atoms with Crippen LogP contribution < -0.4 is 5.32 Å². The normalized spacial score (nSPS) is 14.6. The van der Waals surface area contributed by atoms with Crippen molar-refractivity contribution in [3.8, 4) is 11.1 Å². The monoisotopic (exact) mass is 269 g/mol. The van der Waals surface area contributed by atoms with Gasteiger partial charge in [0.25, 0.3) is 0 Å². The van der Waals surface area contributed by atoms with E-state index in [1.807, 2.05) is 32.0 Å². The Morgan fingerprint density at radius 3 is 2.55 bits per heavy atom. The minimum absolute atomic E-state index is 0.131. The van der Waals surface area contributed by atoms with E-state index in [2.05, 4.69) is 17.4 Å². The molecular weight excluding hydrogens is 249 g/mol. The average Bonchev–Trinajstić information content (AvgIpc) is 3.24. The Balaban J connectivity index is 1.87. The molecule has 1 aliphatic rings. The summed E-state index contributed by atoms with van der Waals surface area (Å²) in [5.74, 6) is -0.131. The highest BCUT2D eigenvalue weighted by Gasteiger charge is 2.20. The molecule has 1 fully saturated rings. The van der Waals surface area contributed by atoms with Crippen LogP contribution in [0.25, 0.3) is 11.1 Å². The first-order chi connectivity index (χ1) is 9.63. The van der Waals surface area contributed by atoms with Gasteiger partial charge in [-0.2, -0.15) is 0 Å². The zero-order valence-corrected chi connectivity index (χ0v) is 12.0. The molecular formula is C18H20FN. The summed E-state index contributed by atoms with van der Waals surface area (Å²) in [6.07, 6.45) is 2.51. The number of benzene rings is 2. The Morgan fingerprint density at radius 1 is 1.05 bits per heavy atom. The van der Waals surface area contributed by atoms with Gasteiger partial charge in [0, 0.05) is 18.2 Å². The van der Waals surface area contributed by atoms with Crippen molar-refractivity contribution in [2.45, 2.75) is 39.3 Å². The summed E-state index contributed by atoms with van der Waals surface area (Å²) < 4.78 is 14.4. The molecule has 0 spiro atoms. The van der Waals surface area contributed by atoms with E-state index < -0.39 is 0 Å². The molecule has 0 aliphatic heterocycles. The lowest BCUT2D eigenvalue weighted by Gasteiger charge is -2.10. The number of aryl methyl sites for hydroxylation is 2. The molecule has 0 amide bonds. The number of hydrogen-bond acceptors (Lipinski definition) is 1. The Labute approximate surface area is 119 Å². The van der Waals surface area contributed by atoms with E-state index in [0.717, 1.165) is 28.8 Å². The molecule has 0 unspecified atom stereocenters. The van der Waals surface area contributed by atoms with E-state index in [1.54, 1.807) is 6.07 Å². The number of nitrogens with one attached hydrogen (secondary N) is 1. The molecule has 1 nitrogen and oxygen atoms in total. The van der Waals surface area contributed by atoms with Crippen LogP contribution in [0.15, 0.2) is 36.4 Å². The highest BCUT2D eigenvalue weighted by atomic mass is 19.1. The van der Waals surface area contributed by atoms with Gasteiger partial charge in [-0.25, -0.2) is 4.39 Å². The van der Waals surface area contributed by atoms with Crippen molar-refractivity contribution in [2.75, 3.05) is 0 Å². The quantitative estimate of drug-likeness (QED) is 0.869. The molecule has 104 valence electrons. The van der Waals surface area contributed by atoms with Gasteiger partial charge < -0.3 is 5.32 Å². The first-order valence-electron chi connectivity index (χ1n) is 7.23. The second-order valence-electron chi connectivity index (χ2n) is 5.79. The maximum atomic E-state index is 14.4. The summed E-state index contributed by atoms with van der Waals surface area (Å²) in [6.45, 7) is 4.82. The van der Waals surface area contributed by atoms with E-state index >= 15 is 0 Å². The van der Waals surface area contributed by atoms with Crippen LogP contribution in [0.4, 0.5) is 4.39 Å². The summed E-state index contributed by atoms with van der Waals surface area (Å²) in [5.41, 5.74) is 4.97. The Hall–Kier alpha value is -1.67. The van der Waals surface area contributed by atoms with Gasteiger partial charge >= 0.3 is 0 Å². The summed E-state index contributed by atoms with van der Waals surface area (Å²) in [7, 11) is 0. The zero-order chi connectivity index (χ0) is 14.1. The second kappa shape index (κ2) is 5.37. The van der Waals surface area contributed by atoms with E-state index in [1.165, 1.54) is 12.8 Å². The van der Waals surface area contributed by atoms with Crippen molar-refractivity contribution < 1.29 is 4.39 Å². The highest BCUT2D eigenvalue weighted by Crippen LogP contribution is 2.28. The zero-order valence-electron chi connectivity index (χ0n) is 12.0. The van der Waals surface area contributed by atoms with Gasteiger partial charge in [0.05, 0.1) is 0 Å². The highest BCUT2D eigenvalue weighted by molar-refractivity contribution is 5.68. The molecule has 3 rings (SSSR count). The SMILES string of the molecule is Cc1ccc(C)c(-c2ccc(CNC3CC3)cc2F)c1. The predicted octanol–water partition coefficient (Wildman–Crippen LogP) is 4.36. The summed E-state index contributed by atoms with van der Waals surface area (Å²) in [5, 5.41) is 3.41. The molecule has 0 bridgehead atoms. The molecule has 20 heavy (non-hydrogen) atoms. The largest absolute Gasteiger partial charge is 0.310 e. The van der Waals surface area contributed by atoms with Gasteiger partial charge in [0.2, 0.25) is 0 Å². The molecule has 1 aliphatic carbocycles. The van der Waals surface area contributed by atoms with E-state index in [0.29, 0.717) is 11.6 Å². The van der Waals surface area contributed by atoms with E-state index in [4.69, 9.17) is 0 Å². The van der Waals surface area contributed by atoms with Gasteiger partial charge in [-0.1, -0.05) is 35.9 Å². The van der Waals surface area contributed by atoms with Crippen LogP contribution in [0, 0.1) is 19.7 Å². The standard InChI is InChI=1S/C18H20FN/c1-12-3-4-13(2)17(9-12)16-8-5-14(10-18(16)19)11-20-15-6-7-15/h3-5,8-10,15,20H,6-7,11H2,1-2H3. The summed E-state index contributed by atoms with van der Waals surface area (Å²) in [6, 6.07) is 12.4. The maximum Gasteiger partial charge on any atom is 0.131 e. The van der Waals surface area contributed by atoms with Crippen molar-refractivity contribution in [3.05, 3.63) is 58.9 Å². The van der Waals surface area contributed by atoms with Crippen LogP contribution in [-0.4, -0.2) is 6.04 Å². The molecule has 1 saturated carbocycles. The van der Waals surface area contributed by atoms with Gasteiger partial charge in [0.15, 0.2) is 0 Å². The van der Waals surface area contributed by atoms with Gasteiger partial charge in [-0.3, -0.25) is 0 Å². The van der Waals surface area contributed by atoms with Crippen molar-refractivity contribution in [1.82, 2.24) is 5.32 Å². The molecule has 0 saturated heterocycles. The maximum absolute atomic E-state index is 14.4. The lowest BCUT2D eigenvalue weighted by molar-refractivity contribution is 0.623. The first kappa shape index (κ1) is 13.3. The van der Waals surface area contributed by atoms with Crippen molar-refractivity contribution in [2.24, 2.45) is 0 Å². The van der Waals surface area contributed by atoms with Gasteiger partial charge in [-0.05, 0) is 49.4 Å². The summed E-state index contributed by atoms with van der Waals surface area (Å²) in [4.78, 5) is 0. The molecule has 0 heterocycles. The fourth-order valence-corrected chi connectivity index (χ4v) is 2.46. The third kappa shape index (κ3) is 2.91.